The summed E-state index contributed by atoms with van der Waals surface area (Å²) in [5.74, 6) is 0.431. The monoisotopic (exact) mass is 407 g/mol. The van der Waals surface area contributed by atoms with Crippen molar-refractivity contribution >= 4 is 41.7 Å². The van der Waals surface area contributed by atoms with Crippen molar-refractivity contribution in [1.29, 1.82) is 0 Å². The Kier molecular flexibility index (Phi) is 8.28. The number of rotatable bonds is 5. The second-order valence-electron chi connectivity index (χ2n) is 4.72. The molecule has 3 N–H and O–H groups in total. The van der Waals surface area contributed by atoms with E-state index >= 15 is 0 Å². The van der Waals surface area contributed by atoms with Crippen molar-refractivity contribution in [3.8, 4) is 0 Å². The molecule has 0 radical (unpaired) electrons. The molecule has 0 aliphatic rings. The van der Waals surface area contributed by atoms with Gasteiger partial charge in [-0.25, -0.2) is 4.99 Å². The Morgan fingerprint density at radius 3 is 2.64 bits per heavy atom. The molecule has 0 heterocycles. The lowest BCUT2D eigenvalue weighted by Crippen LogP contribution is -2.22. The van der Waals surface area contributed by atoms with Gasteiger partial charge < -0.3 is 11.1 Å². The van der Waals surface area contributed by atoms with Gasteiger partial charge in [0.25, 0.3) is 0 Å². The topological polar surface area (TPSA) is 50.4 Å². The van der Waals surface area contributed by atoms with Crippen LogP contribution in [-0.4, -0.2) is 12.5 Å². The number of aliphatic imine (C=N–C) groups is 1. The largest absolute Gasteiger partial charge is 0.370 e. The number of hydrogen-bond donors (Lipinski definition) is 2. The number of nitrogens with two attached hydrogens (primary N) is 1. The number of guanidine groups is 1. The highest BCUT2D eigenvalue weighted by Gasteiger charge is 1.95. The fourth-order valence-electron chi connectivity index (χ4n) is 1.96. The zero-order valence-corrected chi connectivity index (χ0v) is 15.0. The van der Waals surface area contributed by atoms with Gasteiger partial charge in [-0.15, -0.1) is 24.0 Å². The van der Waals surface area contributed by atoms with E-state index in [0.29, 0.717) is 12.5 Å². The highest BCUT2D eigenvalue weighted by Crippen LogP contribution is 2.10. The molecule has 0 aromatic heterocycles. The minimum Gasteiger partial charge on any atom is -0.370 e. The van der Waals surface area contributed by atoms with Gasteiger partial charge in [-0.3, -0.25) is 0 Å². The molecule has 0 spiro atoms. The molecule has 2 aromatic rings. The Labute approximate surface area is 149 Å². The van der Waals surface area contributed by atoms with E-state index in [1.165, 1.54) is 5.56 Å². The Morgan fingerprint density at radius 1 is 1.14 bits per heavy atom. The van der Waals surface area contributed by atoms with Crippen LogP contribution in [0.2, 0.25) is 0 Å². The van der Waals surface area contributed by atoms with Gasteiger partial charge >= 0.3 is 0 Å². The zero-order valence-electron chi connectivity index (χ0n) is 12.7. The van der Waals surface area contributed by atoms with Crippen LogP contribution >= 0.6 is 24.0 Å². The molecule has 22 heavy (non-hydrogen) atoms. The lowest BCUT2D eigenvalue weighted by molar-refractivity contribution is 1.14. The second kappa shape index (κ2) is 10.00. The lowest BCUT2D eigenvalue weighted by atomic mass is 10.1. The molecule has 3 nitrogen and oxygen atoms in total. The van der Waals surface area contributed by atoms with Crippen LogP contribution in [0.25, 0.3) is 6.08 Å². The summed E-state index contributed by atoms with van der Waals surface area (Å²) in [5, 5.41) is 3.11. The number of halogens is 1. The fourth-order valence-corrected chi connectivity index (χ4v) is 1.96. The third kappa shape index (κ3) is 6.30. The van der Waals surface area contributed by atoms with E-state index in [0.717, 1.165) is 17.7 Å². The van der Waals surface area contributed by atoms with E-state index in [2.05, 4.69) is 41.5 Å². The van der Waals surface area contributed by atoms with Crippen LogP contribution in [0.15, 0.2) is 65.7 Å². The van der Waals surface area contributed by atoms with E-state index in [-0.39, 0.29) is 24.0 Å². The normalized spacial score (nSPS) is 11.2. The van der Waals surface area contributed by atoms with Gasteiger partial charge in [-0.05, 0) is 29.7 Å². The summed E-state index contributed by atoms with van der Waals surface area (Å²) in [6, 6.07) is 18.3. The molecule has 0 atom stereocenters. The molecule has 0 saturated heterocycles. The first-order valence-corrected chi connectivity index (χ1v) is 7.15. The maximum atomic E-state index is 5.88. The molecule has 0 aliphatic carbocycles. The van der Waals surface area contributed by atoms with Crippen molar-refractivity contribution in [3.63, 3.8) is 0 Å². The first-order valence-electron chi connectivity index (χ1n) is 7.15. The minimum atomic E-state index is 0. The van der Waals surface area contributed by atoms with E-state index in [4.69, 9.17) is 5.73 Å². The number of benzene rings is 2. The average Bonchev–Trinajstić information content (AvgIpc) is 2.53. The Morgan fingerprint density at radius 2 is 1.91 bits per heavy atom. The molecular formula is C18H22IN3. The number of anilines is 1. The van der Waals surface area contributed by atoms with Crippen molar-refractivity contribution in [2.24, 2.45) is 10.7 Å². The minimum absolute atomic E-state index is 0. The van der Waals surface area contributed by atoms with Crippen LogP contribution in [0, 0.1) is 0 Å². The summed E-state index contributed by atoms with van der Waals surface area (Å²) >= 11 is 0. The molecule has 0 bridgehead atoms. The molecule has 0 unspecified atom stereocenters. The van der Waals surface area contributed by atoms with Crippen LogP contribution in [0.1, 0.15) is 18.1 Å². The molecule has 0 aliphatic heterocycles. The van der Waals surface area contributed by atoms with Crippen molar-refractivity contribution in [2.75, 3.05) is 11.9 Å². The van der Waals surface area contributed by atoms with Crippen molar-refractivity contribution < 1.29 is 0 Å². The maximum Gasteiger partial charge on any atom is 0.193 e. The standard InChI is InChI=1S/C18H21N3.HI/c1-2-15-10-6-12-17(14-15)21-18(19)20-13-7-11-16-8-4-3-5-9-16;/h3-12,14H,2,13H2,1H3,(H3,19,20,21);1H. The third-order valence-electron chi connectivity index (χ3n) is 3.08. The van der Waals surface area contributed by atoms with Crippen LogP contribution in [-0.2, 0) is 6.42 Å². The van der Waals surface area contributed by atoms with Gasteiger partial charge in [-0.2, -0.15) is 0 Å². The van der Waals surface area contributed by atoms with Gasteiger partial charge in [0, 0.05) is 5.69 Å². The molecule has 116 valence electrons. The Hall–Kier alpha value is -1.82. The van der Waals surface area contributed by atoms with Gasteiger partial charge in [0.1, 0.15) is 0 Å². The van der Waals surface area contributed by atoms with Gasteiger partial charge in [0.05, 0.1) is 6.54 Å². The van der Waals surface area contributed by atoms with Gasteiger partial charge in [0.15, 0.2) is 5.96 Å². The van der Waals surface area contributed by atoms with E-state index in [9.17, 15) is 0 Å². The molecule has 4 heteroatoms. The lowest BCUT2D eigenvalue weighted by Gasteiger charge is -2.06. The first kappa shape index (κ1) is 18.2. The average molecular weight is 407 g/mol. The van der Waals surface area contributed by atoms with E-state index in [1.807, 2.05) is 42.5 Å². The summed E-state index contributed by atoms with van der Waals surface area (Å²) in [6.45, 7) is 2.69. The summed E-state index contributed by atoms with van der Waals surface area (Å²) in [7, 11) is 0. The summed E-state index contributed by atoms with van der Waals surface area (Å²) in [5.41, 5.74) is 9.29. The Balaban J connectivity index is 0.00000242. The number of hydrogen-bond acceptors (Lipinski definition) is 1. The van der Waals surface area contributed by atoms with E-state index in [1.54, 1.807) is 0 Å². The number of nitrogens with zero attached hydrogens (tertiary/aromatic N) is 1. The molecular weight excluding hydrogens is 385 g/mol. The predicted octanol–water partition coefficient (Wildman–Crippen LogP) is 4.31. The predicted molar refractivity (Wildman–Crippen MR) is 107 cm³/mol. The van der Waals surface area contributed by atoms with Crippen LogP contribution in [0.4, 0.5) is 5.69 Å². The van der Waals surface area contributed by atoms with Crippen LogP contribution in [0.5, 0.6) is 0 Å². The molecule has 2 rings (SSSR count). The van der Waals surface area contributed by atoms with Crippen molar-refractivity contribution in [3.05, 3.63) is 71.8 Å². The van der Waals surface area contributed by atoms with Crippen LogP contribution < -0.4 is 11.1 Å². The van der Waals surface area contributed by atoms with Crippen molar-refractivity contribution in [2.45, 2.75) is 13.3 Å². The maximum absolute atomic E-state index is 5.88. The molecule has 2 aromatic carbocycles. The molecule has 0 amide bonds. The fraction of sp³-hybridized carbons (Fsp3) is 0.167. The summed E-state index contributed by atoms with van der Waals surface area (Å²) < 4.78 is 0. The smallest absolute Gasteiger partial charge is 0.193 e. The SMILES string of the molecule is CCc1cccc(NC(N)=NCC=Cc2ccccc2)c1.I. The quantitative estimate of drug-likeness (QED) is 0.441. The highest BCUT2D eigenvalue weighted by molar-refractivity contribution is 14.0. The summed E-state index contributed by atoms with van der Waals surface area (Å²) in [4.78, 5) is 4.29. The first-order chi connectivity index (χ1) is 10.3. The second-order valence-corrected chi connectivity index (χ2v) is 4.72. The van der Waals surface area contributed by atoms with E-state index < -0.39 is 0 Å². The van der Waals surface area contributed by atoms with Crippen LogP contribution in [0.3, 0.4) is 0 Å². The molecule has 0 saturated carbocycles. The Bertz CT molecular complexity index is 621. The van der Waals surface area contributed by atoms with Crippen molar-refractivity contribution in [1.82, 2.24) is 0 Å². The third-order valence-corrected chi connectivity index (χ3v) is 3.08. The zero-order chi connectivity index (χ0) is 14.9. The molecule has 0 fully saturated rings. The number of aryl methyl sites for hydroxylation is 1. The van der Waals surface area contributed by atoms with Gasteiger partial charge in [0.2, 0.25) is 0 Å². The van der Waals surface area contributed by atoms with Gasteiger partial charge in [-0.1, -0.05) is 61.5 Å². The highest BCUT2D eigenvalue weighted by atomic mass is 127. The number of nitrogens with one attached hydrogen (secondary N) is 1. The summed E-state index contributed by atoms with van der Waals surface area (Å²) in [6.07, 6.45) is 5.03.